The lowest BCUT2D eigenvalue weighted by atomic mass is 10.0. The van der Waals surface area contributed by atoms with Crippen LogP contribution in [0.3, 0.4) is 0 Å². The van der Waals surface area contributed by atoms with Gasteiger partial charge in [0.05, 0.1) is 11.4 Å². The standard InChI is InChI=1S/C13H20ClN3/c1-16-7-5-11(6-8-16)17(2)13-4-3-10(14)9-12(13)15/h3-4,9,11H,5-8,15H2,1-2H3. The van der Waals surface area contributed by atoms with Gasteiger partial charge < -0.3 is 15.5 Å². The van der Waals surface area contributed by atoms with Crippen molar-refractivity contribution in [2.75, 3.05) is 37.8 Å². The largest absolute Gasteiger partial charge is 0.397 e. The van der Waals surface area contributed by atoms with Gasteiger partial charge in [-0.05, 0) is 51.2 Å². The van der Waals surface area contributed by atoms with Gasteiger partial charge in [-0.1, -0.05) is 11.6 Å². The quantitative estimate of drug-likeness (QED) is 0.822. The average Bonchev–Trinajstić information content (AvgIpc) is 2.29. The molecule has 0 aliphatic carbocycles. The Labute approximate surface area is 108 Å². The highest BCUT2D eigenvalue weighted by Gasteiger charge is 2.21. The molecule has 1 fully saturated rings. The minimum Gasteiger partial charge on any atom is -0.397 e. The van der Waals surface area contributed by atoms with Crippen molar-refractivity contribution in [3.05, 3.63) is 23.2 Å². The number of nitrogens with two attached hydrogens (primary N) is 1. The average molecular weight is 254 g/mol. The molecule has 1 saturated heterocycles. The molecular formula is C13H20ClN3. The lowest BCUT2D eigenvalue weighted by Gasteiger charge is -2.36. The summed E-state index contributed by atoms with van der Waals surface area (Å²) in [5, 5.41) is 0.697. The van der Waals surface area contributed by atoms with E-state index in [1.807, 2.05) is 18.2 Å². The summed E-state index contributed by atoms with van der Waals surface area (Å²) in [6.07, 6.45) is 2.38. The molecule has 1 aromatic carbocycles. The van der Waals surface area contributed by atoms with E-state index < -0.39 is 0 Å². The minimum absolute atomic E-state index is 0.578. The van der Waals surface area contributed by atoms with Crippen LogP contribution >= 0.6 is 11.6 Å². The second-order valence-corrected chi connectivity index (χ2v) is 5.28. The molecule has 0 aromatic heterocycles. The summed E-state index contributed by atoms with van der Waals surface area (Å²) in [6, 6.07) is 6.31. The molecule has 1 aliphatic heterocycles. The van der Waals surface area contributed by atoms with Crippen molar-refractivity contribution in [1.82, 2.24) is 4.90 Å². The monoisotopic (exact) mass is 253 g/mol. The van der Waals surface area contributed by atoms with Gasteiger partial charge in [-0.15, -0.1) is 0 Å². The highest BCUT2D eigenvalue weighted by Crippen LogP contribution is 2.29. The highest BCUT2D eigenvalue weighted by atomic mass is 35.5. The molecule has 0 unspecified atom stereocenters. The molecule has 3 nitrogen and oxygen atoms in total. The minimum atomic E-state index is 0.578. The molecule has 0 spiro atoms. The summed E-state index contributed by atoms with van der Waals surface area (Å²) in [5.74, 6) is 0. The number of hydrogen-bond acceptors (Lipinski definition) is 3. The zero-order valence-electron chi connectivity index (χ0n) is 10.5. The van der Waals surface area contributed by atoms with Gasteiger partial charge in [0, 0.05) is 18.1 Å². The Hall–Kier alpha value is -0.930. The van der Waals surface area contributed by atoms with Crippen molar-refractivity contribution in [3.8, 4) is 0 Å². The first-order valence-electron chi connectivity index (χ1n) is 6.04. The van der Waals surface area contributed by atoms with E-state index in [-0.39, 0.29) is 0 Å². The fraction of sp³-hybridized carbons (Fsp3) is 0.538. The third-order valence-electron chi connectivity index (χ3n) is 3.61. The summed E-state index contributed by atoms with van der Waals surface area (Å²) in [5.41, 5.74) is 7.87. The van der Waals surface area contributed by atoms with E-state index in [1.54, 1.807) is 0 Å². The highest BCUT2D eigenvalue weighted by molar-refractivity contribution is 6.31. The van der Waals surface area contributed by atoms with Gasteiger partial charge in [0.15, 0.2) is 0 Å². The number of nitrogen functional groups attached to an aromatic ring is 1. The molecule has 0 bridgehead atoms. The molecule has 1 heterocycles. The van der Waals surface area contributed by atoms with Gasteiger partial charge in [0.2, 0.25) is 0 Å². The smallest absolute Gasteiger partial charge is 0.0600 e. The number of nitrogens with zero attached hydrogens (tertiary/aromatic N) is 2. The Morgan fingerprint density at radius 1 is 1.35 bits per heavy atom. The summed E-state index contributed by atoms with van der Waals surface area (Å²) in [4.78, 5) is 4.66. The van der Waals surface area contributed by atoms with Crippen LogP contribution in [0.4, 0.5) is 11.4 Å². The number of benzene rings is 1. The van der Waals surface area contributed by atoms with Crippen LogP contribution in [0.2, 0.25) is 5.02 Å². The van der Waals surface area contributed by atoms with E-state index in [1.165, 1.54) is 12.8 Å². The van der Waals surface area contributed by atoms with Crippen LogP contribution in [-0.4, -0.2) is 38.1 Å². The number of rotatable bonds is 2. The molecule has 0 saturated carbocycles. The van der Waals surface area contributed by atoms with Crippen LogP contribution in [0.15, 0.2) is 18.2 Å². The van der Waals surface area contributed by atoms with E-state index in [0.717, 1.165) is 24.5 Å². The third-order valence-corrected chi connectivity index (χ3v) is 3.84. The molecule has 4 heteroatoms. The number of anilines is 2. The summed E-state index contributed by atoms with van der Waals surface area (Å²) >= 11 is 5.92. The van der Waals surface area contributed by atoms with Crippen LogP contribution in [0.25, 0.3) is 0 Å². The topological polar surface area (TPSA) is 32.5 Å². The molecule has 1 aliphatic rings. The molecule has 0 amide bonds. The Kier molecular flexibility index (Phi) is 3.79. The van der Waals surface area contributed by atoms with Gasteiger partial charge in [-0.2, -0.15) is 0 Å². The second kappa shape index (κ2) is 5.15. The maximum Gasteiger partial charge on any atom is 0.0600 e. The Morgan fingerprint density at radius 3 is 2.59 bits per heavy atom. The van der Waals surface area contributed by atoms with Gasteiger partial charge in [-0.25, -0.2) is 0 Å². The number of likely N-dealkylation sites (tertiary alicyclic amines) is 1. The summed E-state index contributed by atoms with van der Waals surface area (Å²) in [6.45, 7) is 2.31. The fourth-order valence-electron chi connectivity index (χ4n) is 2.43. The maximum absolute atomic E-state index is 6.02. The molecule has 0 radical (unpaired) electrons. The molecule has 2 N–H and O–H groups in total. The molecular weight excluding hydrogens is 234 g/mol. The van der Waals surface area contributed by atoms with Crippen LogP contribution in [0, 0.1) is 0 Å². The lowest BCUT2D eigenvalue weighted by molar-refractivity contribution is 0.253. The lowest BCUT2D eigenvalue weighted by Crippen LogP contribution is -2.42. The predicted molar refractivity (Wildman–Crippen MR) is 74.8 cm³/mol. The van der Waals surface area contributed by atoms with Crippen molar-refractivity contribution in [2.45, 2.75) is 18.9 Å². The number of piperidine rings is 1. The molecule has 94 valence electrons. The molecule has 0 atom stereocenters. The van der Waals surface area contributed by atoms with Gasteiger partial charge in [-0.3, -0.25) is 0 Å². The van der Waals surface area contributed by atoms with Gasteiger partial charge >= 0.3 is 0 Å². The van der Waals surface area contributed by atoms with E-state index >= 15 is 0 Å². The van der Waals surface area contributed by atoms with E-state index in [4.69, 9.17) is 17.3 Å². The van der Waals surface area contributed by atoms with Crippen molar-refractivity contribution in [1.29, 1.82) is 0 Å². The molecule has 1 aromatic rings. The van der Waals surface area contributed by atoms with Gasteiger partial charge in [0.1, 0.15) is 0 Å². The van der Waals surface area contributed by atoms with E-state index in [9.17, 15) is 0 Å². The summed E-state index contributed by atoms with van der Waals surface area (Å²) in [7, 11) is 4.29. The van der Waals surface area contributed by atoms with Crippen LogP contribution < -0.4 is 10.6 Å². The third kappa shape index (κ3) is 2.85. The number of halogens is 1. The fourth-order valence-corrected chi connectivity index (χ4v) is 2.61. The first-order valence-corrected chi connectivity index (χ1v) is 6.42. The zero-order chi connectivity index (χ0) is 12.4. The summed E-state index contributed by atoms with van der Waals surface area (Å²) < 4.78 is 0. The Balaban J connectivity index is 2.11. The normalized spacial score (nSPS) is 18.3. The second-order valence-electron chi connectivity index (χ2n) is 4.85. The van der Waals surface area contributed by atoms with E-state index in [2.05, 4.69) is 23.9 Å². The first-order chi connectivity index (χ1) is 8.08. The first kappa shape index (κ1) is 12.5. The predicted octanol–water partition coefficient (Wildman–Crippen LogP) is 2.45. The van der Waals surface area contributed by atoms with Crippen LogP contribution in [0.5, 0.6) is 0 Å². The van der Waals surface area contributed by atoms with Crippen molar-refractivity contribution < 1.29 is 0 Å². The van der Waals surface area contributed by atoms with Crippen molar-refractivity contribution in [2.24, 2.45) is 0 Å². The van der Waals surface area contributed by atoms with E-state index in [0.29, 0.717) is 11.1 Å². The number of hydrogen-bond donors (Lipinski definition) is 1. The molecule has 17 heavy (non-hydrogen) atoms. The zero-order valence-corrected chi connectivity index (χ0v) is 11.2. The maximum atomic E-state index is 6.02. The van der Waals surface area contributed by atoms with Crippen molar-refractivity contribution in [3.63, 3.8) is 0 Å². The van der Waals surface area contributed by atoms with Crippen molar-refractivity contribution >= 4 is 23.0 Å². The Bertz CT molecular complexity index is 386. The van der Waals surface area contributed by atoms with Gasteiger partial charge in [0.25, 0.3) is 0 Å². The molecule has 2 rings (SSSR count). The van der Waals surface area contributed by atoms with Crippen LogP contribution in [-0.2, 0) is 0 Å². The SMILES string of the molecule is CN1CCC(N(C)c2ccc(Cl)cc2N)CC1. The van der Waals surface area contributed by atoms with Crippen LogP contribution in [0.1, 0.15) is 12.8 Å². The Morgan fingerprint density at radius 2 is 2.00 bits per heavy atom.